The number of amides is 2. The second-order valence-corrected chi connectivity index (χ2v) is 7.88. The molecule has 2 heterocycles. The average molecular weight is 377 g/mol. The minimum atomic E-state index is -0.357. The number of nitrogens with zero attached hydrogens (tertiary/aromatic N) is 2. The molecule has 28 heavy (non-hydrogen) atoms. The van der Waals surface area contributed by atoms with E-state index in [0.29, 0.717) is 31.6 Å². The quantitative estimate of drug-likeness (QED) is 0.894. The molecule has 2 aromatic rings. The third kappa shape index (κ3) is 3.42. The van der Waals surface area contributed by atoms with Crippen molar-refractivity contribution in [2.75, 3.05) is 19.6 Å². The molecule has 1 fully saturated rings. The van der Waals surface area contributed by atoms with Gasteiger partial charge in [-0.15, -0.1) is 0 Å². The highest BCUT2D eigenvalue weighted by molar-refractivity contribution is 5.95. The highest BCUT2D eigenvalue weighted by Gasteiger charge is 2.46. The predicted molar refractivity (Wildman–Crippen MR) is 109 cm³/mol. The summed E-state index contributed by atoms with van der Waals surface area (Å²) in [6, 6.07) is 17.8. The van der Waals surface area contributed by atoms with Gasteiger partial charge in [0.05, 0.1) is 5.54 Å². The van der Waals surface area contributed by atoms with Gasteiger partial charge in [0.1, 0.15) is 0 Å². The molecular weight excluding hydrogens is 350 g/mol. The first-order valence-electron chi connectivity index (χ1n) is 10.0. The van der Waals surface area contributed by atoms with Crippen LogP contribution in [-0.2, 0) is 17.8 Å². The summed E-state index contributed by atoms with van der Waals surface area (Å²) in [7, 11) is 0. The molecule has 0 aliphatic carbocycles. The maximum atomic E-state index is 13.5. The Morgan fingerprint density at radius 1 is 1.00 bits per heavy atom. The molecule has 2 aliphatic heterocycles. The van der Waals surface area contributed by atoms with Gasteiger partial charge >= 0.3 is 0 Å². The van der Waals surface area contributed by atoms with Gasteiger partial charge in [0.15, 0.2) is 0 Å². The zero-order valence-electron chi connectivity index (χ0n) is 16.1. The molecule has 4 rings (SSSR count). The lowest BCUT2D eigenvalue weighted by Crippen LogP contribution is -2.63. The number of fused-ring (bicyclic) bond motifs is 1. The van der Waals surface area contributed by atoms with Crippen LogP contribution < -0.4 is 5.73 Å². The molecule has 0 aromatic heterocycles. The summed E-state index contributed by atoms with van der Waals surface area (Å²) < 4.78 is 0. The second-order valence-electron chi connectivity index (χ2n) is 7.88. The van der Waals surface area contributed by atoms with Crippen LogP contribution in [0.4, 0.5) is 0 Å². The Balaban J connectivity index is 1.71. The van der Waals surface area contributed by atoms with Gasteiger partial charge in [0, 0.05) is 38.2 Å². The predicted octanol–water partition coefficient (Wildman–Crippen LogP) is 2.60. The molecule has 5 heteroatoms. The van der Waals surface area contributed by atoms with Crippen molar-refractivity contribution in [1.29, 1.82) is 0 Å². The molecule has 1 saturated heterocycles. The fourth-order valence-electron chi connectivity index (χ4n) is 4.67. The van der Waals surface area contributed by atoms with Crippen LogP contribution in [-0.4, -0.2) is 46.8 Å². The Hall–Kier alpha value is -2.66. The van der Waals surface area contributed by atoms with Gasteiger partial charge in [-0.1, -0.05) is 42.5 Å². The molecule has 2 amide bonds. The van der Waals surface area contributed by atoms with E-state index in [-0.39, 0.29) is 17.4 Å². The summed E-state index contributed by atoms with van der Waals surface area (Å²) in [5.74, 6) is 0.135. The largest absolute Gasteiger partial charge is 0.340 e. The number of piperidine rings is 1. The van der Waals surface area contributed by atoms with Gasteiger partial charge < -0.3 is 15.5 Å². The van der Waals surface area contributed by atoms with Crippen LogP contribution in [0.15, 0.2) is 54.6 Å². The van der Waals surface area contributed by atoms with Crippen LogP contribution in [0.3, 0.4) is 0 Å². The van der Waals surface area contributed by atoms with E-state index in [2.05, 4.69) is 18.2 Å². The van der Waals surface area contributed by atoms with E-state index >= 15 is 0 Å². The SMILES string of the molecule is NCCC(=O)N1CCCC2(Cc3ccccc3CN2C(=O)c2ccccc2)C1. The molecule has 2 N–H and O–H groups in total. The van der Waals surface area contributed by atoms with Crippen LogP contribution >= 0.6 is 0 Å². The molecule has 146 valence electrons. The molecule has 1 spiro atoms. The smallest absolute Gasteiger partial charge is 0.254 e. The van der Waals surface area contributed by atoms with Crippen LogP contribution in [0.2, 0.25) is 0 Å². The highest BCUT2D eigenvalue weighted by atomic mass is 16.2. The van der Waals surface area contributed by atoms with Crippen molar-refractivity contribution in [3.8, 4) is 0 Å². The first-order valence-corrected chi connectivity index (χ1v) is 10.0. The zero-order valence-corrected chi connectivity index (χ0v) is 16.1. The zero-order chi connectivity index (χ0) is 19.6. The molecule has 1 unspecified atom stereocenters. The standard InChI is InChI=1S/C23H27N3O2/c24-13-11-21(27)25-14-6-12-23(17-25)15-19-9-4-5-10-20(19)16-26(23)22(28)18-7-2-1-3-8-18/h1-5,7-10H,6,11-17,24H2. The molecule has 2 aliphatic rings. The van der Waals surface area contributed by atoms with E-state index in [1.165, 1.54) is 11.1 Å². The maximum Gasteiger partial charge on any atom is 0.254 e. The lowest BCUT2D eigenvalue weighted by molar-refractivity contribution is -0.135. The molecule has 5 nitrogen and oxygen atoms in total. The van der Waals surface area contributed by atoms with Crippen molar-refractivity contribution in [1.82, 2.24) is 9.80 Å². The summed E-state index contributed by atoms with van der Waals surface area (Å²) in [5, 5.41) is 0. The van der Waals surface area contributed by atoms with Gasteiger partial charge in [-0.3, -0.25) is 9.59 Å². The van der Waals surface area contributed by atoms with Crippen molar-refractivity contribution < 1.29 is 9.59 Å². The van der Waals surface area contributed by atoms with Gasteiger partial charge in [-0.05, 0) is 42.5 Å². The summed E-state index contributed by atoms with van der Waals surface area (Å²) in [4.78, 5) is 30.0. The molecule has 0 saturated carbocycles. The fraction of sp³-hybridized carbons (Fsp3) is 0.391. The Bertz CT molecular complexity index is 867. The highest BCUT2D eigenvalue weighted by Crippen LogP contribution is 2.38. The summed E-state index contributed by atoms with van der Waals surface area (Å²) in [6.45, 7) is 2.27. The fourth-order valence-corrected chi connectivity index (χ4v) is 4.67. The van der Waals surface area contributed by atoms with Crippen molar-refractivity contribution >= 4 is 11.8 Å². The van der Waals surface area contributed by atoms with Gasteiger partial charge in [-0.25, -0.2) is 0 Å². The summed E-state index contributed by atoms with van der Waals surface area (Å²) in [5.41, 5.74) is 8.43. The lowest BCUT2D eigenvalue weighted by Gasteiger charge is -2.52. The Morgan fingerprint density at radius 3 is 2.46 bits per heavy atom. The molecular formula is C23H27N3O2. The van der Waals surface area contributed by atoms with Crippen LogP contribution in [0, 0.1) is 0 Å². The first-order chi connectivity index (χ1) is 13.6. The van der Waals surface area contributed by atoms with Crippen LogP contribution in [0.25, 0.3) is 0 Å². The second kappa shape index (κ2) is 7.76. The topological polar surface area (TPSA) is 66.6 Å². The minimum absolute atomic E-state index is 0.0447. The number of rotatable bonds is 3. The number of benzene rings is 2. The van der Waals surface area contributed by atoms with Crippen LogP contribution in [0.5, 0.6) is 0 Å². The number of hydrogen-bond acceptors (Lipinski definition) is 3. The van der Waals surface area contributed by atoms with E-state index in [1.807, 2.05) is 46.2 Å². The maximum absolute atomic E-state index is 13.5. The summed E-state index contributed by atoms with van der Waals surface area (Å²) >= 11 is 0. The lowest BCUT2D eigenvalue weighted by atomic mass is 9.76. The first kappa shape index (κ1) is 18.7. The Morgan fingerprint density at radius 2 is 1.71 bits per heavy atom. The molecule has 0 radical (unpaired) electrons. The number of hydrogen-bond donors (Lipinski definition) is 1. The van der Waals surface area contributed by atoms with Crippen molar-refractivity contribution in [2.45, 2.75) is 37.8 Å². The minimum Gasteiger partial charge on any atom is -0.340 e. The van der Waals surface area contributed by atoms with Crippen molar-refractivity contribution in [3.63, 3.8) is 0 Å². The summed E-state index contributed by atoms with van der Waals surface area (Å²) in [6.07, 6.45) is 2.96. The van der Waals surface area contributed by atoms with Crippen molar-refractivity contribution in [2.24, 2.45) is 5.73 Å². The Kier molecular flexibility index (Phi) is 5.18. The average Bonchev–Trinajstić information content (AvgIpc) is 2.73. The van der Waals surface area contributed by atoms with E-state index in [4.69, 9.17) is 5.73 Å². The number of likely N-dealkylation sites (tertiary alicyclic amines) is 1. The van der Waals surface area contributed by atoms with E-state index in [9.17, 15) is 9.59 Å². The molecule has 2 aromatic carbocycles. The normalized spacial score (nSPS) is 21.5. The monoisotopic (exact) mass is 377 g/mol. The van der Waals surface area contributed by atoms with Crippen LogP contribution in [0.1, 0.15) is 40.7 Å². The number of carbonyl (C=O) groups excluding carboxylic acids is 2. The van der Waals surface area contributed by atoms with Gasteiger partial charge in [-0.2, -0.15) is 0 Å². The Labute approximate surface area is 166 Å². The number of carbonyl (C=O) groups is 2. The third-order valence-electron chi connectivity index (χ3n) is 6.07. The van der Waals surface area contributed by atoms with Crippen molar-refractivity contribution in [3.05, 3.63) is 71.3 Å². The van der Waals surface area contributed by atoms with E-state index in [0.717, 1.165) is 25.8 Å². The van der Waals surface area contributed by atoms with Gasteiger partial charge in [0.25, 0.3) is 5.91 Å². The molecule has 1 atom stereocenters. The third-order valence-corrected chi connectivity index (χ3v) is 6.07. The van der Waals surface area contributed by atoms with Gasteiger partial charge in [0.2, 0.25) is 5.91 Å². The van der Waals surface area contributed by atoms with E-state index in [1.54, 1.807) is 0 Å². The van der Waals surface area contributed by atoms with E-state index < -0.39 is 0 Å². The number of nitrogens with two attached hydrogens (primary N) is 1. The molecule has 0 bridgehead atoms.